The number of hydrogen-bond donors (Lipinski definition) is 0. The van der Waals surface area contributed by atoms with E-state index in [9.17, 15) is 13.2 Å². The van der Waals surface area contributed by atoms with Crippen LogP contribution in [-0.2, 0) is 0 Å². The molecule has 2 aromatic carbocycles. The summed E-state index contributed by atoms with van der Waals surface area (Å²) in [5.41, 5.74) is 2.49. The van der Waals surface area contributed by atoms with Gasteiger partial charge in [0.1, 0.15) is 11.5 Å². The Morgan fingerprint density at radius 1 is 1.00 bits per heavy atom. The lowest BCUT2D eigenvalue weighted by Gasteiger charge is -2.23. The third-order valence-corrected chi connectivity index (χ3v) is 3.46. The van der Waals surface area contributed by atoms with Crippen molar-refractivity contribution in [1.82, 2.24) is 0 Å². The predicted molar refractivity (Wildman–Crippen MR) is 77.9 cm³/mol. The molecule has 0 fully saturated rings. The molecule has 2 nitrogen and oxygen atoms in total. The van der Waals surface area contributed by atoms with Crippen molar-refractivity contribution in [3.05, 3.63) is 54.1 Å². The van der Waals surface area contributed by atoms with Crippen LogP contribution in [0.1, 0.15) is 5.56 Å². The van der Waals surface area contributed by atoms with Gasteiger partial charge in [-0.1, -0.05) is 24.3 Å². The highest BCUT2D eigenvalue weighted by Gasteiger charge is 2.41. The second kappa shape index (κ2) is 5.40. The van der Waals surface area contributed by atoms with Gasteiger partial charge in [-0.15, -0.1) is 0 Å². The molecule has 1 heterocycles. The number of methoxy groups -OCH3 is 1. The molecule has 0 amide bonds. The van der Waals surface area contributed by atoms with Crippen LogP contribution in [0.15, 0.2) is 48.5 Å². The maximum atomic E-state index is 12.7. The lowest BCUT2D eigenvalue weighted by Crippen LogP contribution is -2.33. The fraction of sp³-hybridized carbons (Fsp3) is 0.176. The molecule has 3 rings (SSSR count). The van der Waals surface area contributed by atoms with Crippen LogP contribution in [0, 0.1) is 0 Å². The summed E-state index contributed by atoms with van der Waals surface area (Å²) in [5.74, 6) is 0.986. The number of ether oxygens (including phenoxy) is 2. The first-order valence-corrected chi connectivity index (χ1v) is 6.67. The Hall–Kier alpha value is -2.43. The van der Waals surface area contributed by atoms with E-state index in [1.165, 1.54) is 6.08 Å². The van der Waals surface area contributed by atoms with Gasteiger partial charge < -0.3 is 9.47 Å². The topological polar surface area (TPSA) is 18.5 Å². The smallest absolute Gasteiger partial charge is 0.429 e. The van der Waals surface area contributed by atoms with E-state index in [1.54, 1.807) is 25.3 Å². The molecular formula is C17H13F3O2. The fourth-order valence-corrected chi connectivity index (χ4v) is 2.29. The SMILES string of the molecule is COc1ccc(-c2ccc3c(c2)C=CC(C(F)(F)F)O3)cc1. The molecule has 114 valence electrons. The summed E-state index contributed by atoms with van der Waals surface area (Å²) in [6.45, 7) is 0. The normalized spacial score (nSPS) is 16.8. The van der Waals surface area contributed by atoms with E-state index < -0.39 is 12.3 Å². The third kappa shape index (κ3) is 2.79. The predicted octanol–water partition coefficient (Wildman–Crippen LogP) is 4.70. The monoisotopic (exact) mass is 306 g/mol. The van der Waals surface area contributed by atoms with Gasteiger partial charge in [0.2, 0.25) is 6.10 Å². The zero-order valence-corrected chi connectivity index (χ0v) is 11.7. The molecule has 5 heteroatoms. The van der Waals surface area contributed by atoms with Gasteiger partial charge in [-0.05, 0) is 41.5 Å². The molecular weight excluding hydrogens is 293 g/mol. The largest absolute Gasteiger partial charge is 0.497 e. The molecule has 0 spiro atoms. The lowest BCUT2D eigenvalue weighted by molar-refractivity contribution is -0.180. The molecule has 1 aliphatic heterocycles. The van der Waals surface area contributed by atoms with Crippen molar-refractivity contribution in [2.24, 2.45) is 0 Å². The Morgan fingerprint density at radius 2 is 1.68 bits per heavy atom. The lowest BCUT2D eigenvalue weighted by atomic mass is 10.0. The van der Waals surface area contributed by atoms with Crippen LogP contribution in [0.3, 0.4) is 0 Å². The molecule has 22 heavy (non-hydrogen) atoms. The summed E-state index contributed by atoms with van der Waals surface area (Å²) in [6.07, 6.45) is -3.81. The summed E-state index contributed by atoms with van der Waals surface area (Å²) < 4.78 is 48.1. The van der Waals surface area contributed by atoms with Gasteiger partial charge in [0.05, 0.1) is 7.11 Å². The minimum Gasteiger partial charge on any atom is -0.497 e. The van der Waals surface area contributed by atoms with Crippen LogP contribution in [0.5, 0.6) is 11.5 Å². The Bertz CT molecular complexity index is 703. The molecule has 0 saturated carbocycles. The Morgan fingerprint density at radius 3 is 2.32 bits per heavy atom. The maximum absolute atomic E-state index is 12.7. The zero-order chi connectivity index (χ0) is 15.7. The summed E-state index contributed by atoms with van der Waals surface area (Å²) in [6, 6.07) is 12.6. The zero-order valence-electron chi connectivity index (χ0n) is 11.7. The van der Waals surface area contributed by atoms with Crippen molar-refractivity contribution in [1.29, 1.82) is 0 Å². The van der Waals surface area contributed by atoms with E-state index in [0.717, 1.165) is 23.0 Å². The van der Waals surface area contributed by atoms with Crippen molar-refractivity contribution in [3.63, 3.8) is 0 Å². The van der Waals surface area contributed by atoms with Crippen molar-refractivity contribution in [2.75, 3.05) is 7.11 Å². The highest BCUT2D eigenvalue weighted by Crippen LogP contribution is 2.35. The summed E-state index contributed by atoms with van der Waals surface area (Å²) in [7, 11) is 1.59. The van der Waals surface area contributed by atoms with E-state index >= 15 is 0 Å². The molecule has 0 aromatic heterocycles. The summed E-state index contributed by atoms with van der Waals surface area (Å²) in [5, 5.41) is 0. The van der Waals surface area contributed by atoms with Gasteiger partial charge in [-0.3, -0.25) is 0 Å². The molecule has 1 aliphatic rings. The molecule has 0 aliphatic carbocycles. The number of rotatable bonds is 2. The highest BCUT2D eigenvalue weighted by molar-refractivity contribution is 5.71. The van der Waals surface area contributed by atoms with Crippen molar-refractivity contribution in [3.8, 4) is 22.6 Å². The van der Waals surface area contributed by atoms with Crippen molar-refractivity contribution < 1.29 is 22.6 Å². The van der Waals surface area contributed by atoms with E-state index in [0.29, 0.717) is 5.56 Å². The first kappa shape index (κ1) is 14.5. The average molecular weight is 306 g/mol. The maximum Gasteiger partial charge on any atom is 0.429 e. The molecule has 1 unspecified atom stereocenters. The van der Waals surface area contributed by atoms with E-state index in [1.807, 2.05) is 24.3 Å². The number of benzene rings is 2. The Kier molecular flexibility index (Phi) is 3.56. The summed E-state index contributed by atoms with van der Waals surface area (Å²) in [4.78, 5) is 0. The molecule has 0 N–H and O–H groups in total. The average Bonchev–Trinajstić information content (AvgIpc) is 2.53. The fourth-order valence-electron chi connectivity index (χ4n) is 2.29. The van der Waals surface area contributed by atoms with E-state index in [2.05, 4.69) is 0 Å². The van der Waals surface area contributed by atoms with Crippen molar-refractivity contribution in [2.45, 2.75) is 12.3 Å². The minimum absolute atomic E-state index is 0.238. The van der Waals surface area contributed by atoms with Gasteiger partial charge in [-0.25, -0.2) is 0 Å². The third-order valence-electron chi connectivity index (χ3n) is 3.46. The Labute approximate surface area is 125 Å². The van der Waals surface area contributed by atoms with Gasteiger partial charge in [-0.2, -0.15) is 13.2 Å². The number of fused-ring (bicyclic) bond motifs is 1. The van der Waals surface area contributed by atoms with E-state index in [-0.39, 0.29) is 5.75 Å². The van der Waals surface area contributed by atoms with Gasteiger partial charge in [0, 0.05) is 5.56 Å². The van der Waals surface area contributed by atoms with Crippen LogP contribution >= 0.6 is 0 Å². The van der Waals surface area contributed by atoms with Crippen LogP contribution < -0.4 is 9.47 Å². The Balaban J connectivity index is 1.90. The second-order valence-electron chi connectivity index (χ2n) is 4.92. The van der Waals surface area contributed by atoms with Gasteiger partial charge in [0.15, 0.2) is 0 Å². The first-order chi connectivity index (χ1) is 10.5. The molecule has 0 saturated heterocycles. The van der Waals surface area contributed by atoms with Crippen LogP contribution in [0.2, 0.25) is 0 Å². The number of alkyl halides is 3. The van der Waals surface area contributed by atoms with Crippen LogP contribution in [0.4, 0.5) is 13.2 Å². The number of halogens is 3. The standard InChI is InChI=1S/C17H13F3O2/c1-21-14-6-2-11(3-7-14)12-4-8-15-13(10-12)5-9-16(22-15)17(18,19)20/h2-10,16H,1H3. The second-order valence-corrected chi connectivity index (χ2v) is 4.92. The minimum atomic E-state index is -4.40. The quantitative estimate of drug-likeness (QED) is 0.800. The van der Waals surface area contributed by atoms with Crippen LogP contribution in [-0.4, -0.2) is 19.4 Å². The molecule has 2 aromatic rings. The van der Waals surface area contributed by atoms with Gasteiger partial charge >= 0.3 is 6.18 Å². The molecule has 0 bridgehead atoms. The summed E-state index contributed by atoms with van der Waals surface area (Å²) >= 11 is 0. The first-order valence-electron chi connectivity index (χ1n) is 6.67. The molecule has 0 radical (unpaired) electrons. The highest BCUT2D eigenvalue weighted by atomic mass is 19.4. The van der Waals surface area contributed by atoms with Crippen molar-refractivity contribution >= 4 is 6.08 Å². The van der Waals surface area contributed by atoms with E-state index in [4.69, 9.17) is 9.47 Å². The number of hydrogen-bond acceptors (Lipinski definition) is 2. The van der Waals surface area contributed by atoms with Crippen LogP contribution in [0.25, 0.3) is 17.2 Å². The molecule has 1 atom stereocenters. The van der Waals surface area contributed by atoms with Gasteiger partial charge in [0.25, 0.3) is 0 Å².